The summed E-state index contributed by atoms with van der Waals surface area (Å²) >= 11 is 0. The Kier molecular flexibility index (Phi) is 7.26. The van der Waals surface area contributed by atoms with Gasteiger partial charge in [0, 0.05) is 12.1 Å². The molecule has 2 aromatic rings. The van der Waals surface area contributed by atoms with Crippen molar-refractivity contribution in [3.8, 4) is 5.75 Å². The molecule has 162 valence electrons. The predicted molar refractivity (Wildman–Crippen MR) is 121 cm³/mol. The lowest BCUT2D eigenvalue weighted by Gasteiger charge is -2.26. The molecule has 1 aliphatic rings. The second kappa shape index (κ2) is 10.1. The van der Waals surface area contributed by atoms with Gasteiger partial charge in [-0.25, -0.2) is 0 Å². The van der Waals surface area contributed by atoms with Gasteiger partial charge in [-0.3, -0.25) is 9.59 Å². The molecule has 1 fully saturated rings. The van der Waals surface area contributed by atoms with Crippen LogP contribution in [0.3, 0.4) is 0 Å². The Balaban J connectivity index is 2.00. The SMILES string of the molecule is C=CCOc1ccc(C(O)=C2C(=O)C(=O)N(CCCN(C)C)[C@@H]2c2ccccc2)cc1. The molecule has 0 unspecified atom stereocenters. The molecule has 6 heteroatoms. The summed E-state index contributed by atoms with van der Waals surface area (Å²) < 4.78 is 5.48. The van der Waals surface area contributed by atoms with Crippen molar-refractivity contribution in [2.75, 3.05) is 33.8 Å². The molecule has 0 radical (unpaired) electrons. The molecular weight excluding hydrogens is 392 g/mol. The number of benzene rings is 2. The topological polar surface area (TPSA) is 70.1 Å². The summed E-state index contributed by atoms with van der Waals surface area (Å²) in [5.41, 5.74) is 1.36. The van der Waals surface area contributed by atoms with Crippen LogP contribution in [0.1, 0.15) is 23.6 Å². The average Bonchev–Trinajstić information content (AvgIpc) is 3.03. The summed E-state index contributed by atoms with van der Waals surface area (Å²) in [5, 5.41) is 11.1. The number of carbonyl (C=O) groups excluding carboxylic acids is 2. The fourth-order valence-electron chi connectivity index (χ4n) is 3.67. The first-order valence-electron chi connectivity index (χ1n) is 10.3. The molecule has 0 spiro atoms. The van der Waals surface area contributed by atoms with Crippen molar-refractivity contribution in [1.29, 1.82) is 0 Å². The van der Waals surface area contributed by atoms with Crippen LogP contribution in [0, 0.1) is 0 Å². The molecular formula is C25H28N2O4. The molecule has 0 aliphatic carbocycles. The van der Waals surface area contributed by atoms with E-state index in [-0.39, 0.29) is 11.3 Å². The number of hydrogen-bond donors (Lipinski definition) is 1. The third-order valence-electron chi connectivity index (χ3n) is 5.16. The van der Waals surface area contributed by atoms with Crippen LogP contribution in [-0.4, -0.2) is 60.4 Å². The maximum absolute atomic E-state index is 13.0. The fourth-order valence-corrected chi connectivity index (χ4v) is 3.67. The lowest BCUT2D eigenvalue weighted by atomic mass is 9.95. The third kappa shape index (κ3) is 5.03. The summed E-state index contributed by atoms with van der Waals surface area (Å²) in [5.74, 6) is -0.805. The van der Waals surface area contributed by atoms with Gasteiger partial charge in [0.1, 0.15) is 18.1 Å². The lowest BCUT2D eigenvalue weighted by Crippen LogP contribution is -2.32. The number of ether oxygens (including phenoxy) is 1. The van der Waals surface area contributed by atoms with Gasteiger partial charge in [-0.1, -0.05) is 43.0 Å². The van der Waals surface area contributed by atoms with Crippen molar-refractivity contribution < 1.29 is 19.4 Å². The Morgan fingerprint density at radius 1 is 1.13 bits per heavy atom. The van der Waals surface area contributed by atoms with Crippen LogP contribution in [0.25, 0.3) is 5.76 Å². The molecule has 31 heavy (non-hydrogen) atoms. The highest BCUT2D eigenvalue weighted by Crippen LogP contribution is 2.39. The quantitative estimate of drug-likeness (QED) is 0.290. The summed E-state index contributed by atoms with van der Waals surface area (Å²) in [6.07, 6.45) is 2.37. The van der Waals surface area contributed by atoms with Gasteiger partial charge in [0.15, 0.2) is 0 Å². The number of rotatable bonds is 9. The number of hydrogen-bond acceptors (Lipinski definition) is 5. The second-order valence-electron chi connectivity index (χ2n) is 7.68. The minimum absolute atomic E-state index is 0.112. The van der Waals surface area contributed by atoms with E-state index in [2.05, 4.69) is 6.58 Å². The molecule has 6 nitrogen and oxygen atoms in total. The molecule has 0 bridgehead atoms. The minimum Gasteiger partial charge on any atom is -0.507 e. The summed E-state index contributed by atoms with van der Waals surface area (Å²) in [6, 6.07) is 15.5. The fraction of sp³-hybridized carbons (Fsp3) is 0.280. The molecule has 1 saturated heterocycles. The molecule has 2 aromatic carbocycles. The zero-order chi connectivity index (χ0) is 22.4. The van der Waals surface area contributed by atoms with Crippen molar-refractivity contribution in [3.63, 3.8) is 0 Å². The zero-order valence-electron chi connectivity index (χ0n) is 18.0. The highest BCUT2D eigenvalue weighted by atomic mass is 16.5. The van der Waals surface area contributed by atoms with Gasteiger partial charge in [0.05, 0.1) is 11.6 Å². The van der Waals surface area contributed by atoms with Gasteiger partial charge in [-0.2, -0.15) is 0 Å². The van der Waals surface area contributed by atoms with Gasteiger partial charge in [-0.05, 0) is 56.9 Å². The van der Waals surface area contributed by atoms with Crippen molar-refractivity contribution >= 4 is 17.4 Å². The van der Waals surface area contributed by atoms with Crippen LogP contribution in [0.4, 0.5) is 0 Å². The van der Waals surface area contributed by atoms with Crippen LogP contribution in [0.2, 0.25) is 0 Å². The van der Waals surface area contributed by atoms with E-state index in [4.69, 9.17) is 4.74 Å². The second-order valence-corrected chi connectivity index (χ2v) is 7.68. The van der Waals surface area contributed by atoms with Gasteiger partial charge in [0.25, 0.3) is 11.7 Å². The molecule has 0 aromatic heterocycles. The highest BCUT2D eigenvalue weighted by molar-refractivity contribution is 6.46. The maximum atomic E-state index is 13.0. The number of aliphatic hydroxyl groups is 1. The molecule has 1 aliphatic heterocycles. The van der Waals surface area contributed by atoms with Gasteiger partial charge < -0.3 is 19.6 Å². The van der Waals surface area contributed by atoms with E-state index < -0.39 is 17.7 Å². The molecule has 1 amide bonds. The molecule has 1 N–H and O–H groups in total. The normalized spacial score (nSPS) is 17.9. The Labute approximate surface area is 183 Å². The maximum Gasteiger partial charge on any atom is 0.295 e. The molecule has 3 rings (SSSR count). The van der Waals surface area contributed by atoms with Crippen molar-refractivity contribution in [1.82, 2.24) is 9.80 Å². The summed E-state index contributed by atoms with van der Waals surface area (Å²) in [6.45, 7) is 5.20. The average molecular weight is 421 g/mol. The number of amides is 1. The van der Waals surface area contributed by atoms with Crippen molar-refractivity contribution in [3.05, 3.63) is 84.0 Å². The summed E-state index contributed by atoms with van der Waals surface area (Å²) in [7, 11) is 3.93. The Bertz CT molecular complexity index is 965. The zero-order valence-corrected chi connectivity index (χ0v) is 18.0. The van der Waals surface area contributed by atoms with E-state index in [1.54, 1.807) is 35.2 Å². The van der Waals surface area contributed by atoms with Crippen LogP contribution in [0.15, 0.2) is 72.8 Å². The van der Waals surface area contributed by atoms with Crippen LogP contribution in [0.5, 0.6) is 5.75 Å². The standard InChI is InChI=1S/C25H28N2O4/c1-4-17-31-20-13-11-19(12-14-20)23(28)21-22(18-9-6-5-7-10-18)27(25(30)24(21)29)16-8-15-26(2)3/h4-7,9-14,22,28H,1,8,15-17H2,2-3H3/t22-/m1/s1. The van der Waals surface area contributed by atoms with Gasteiger partial charge in [0.2, 0.25) is 0 Å². The van der Waals surface area contributed by atoms with E-state index in [0.717, 1.165) is 18.5 Å². The smallest absolute Gasteiger partial charge is 0.295 e. The van der Waals surface area contributed by atoms with Gasteiger partial charge >= 0.3 is 0 Å². The van der Waals surface area contributed by atoms with E-state index >= 15 is 0 Å². The van der Waals surface area contributed by atoms with Crippen LogP contribution >= 0.6 is 0 Å². The first kappa shape index (κ1) is 22.3. The number of aliphatic hydroxyl groups excluding tert-OH is 1. The Morgan fingerprint density at radius 2 is 1.81 bits per heavy atom. The number of likely N-dealkylation sites (tertiary alicyclic amines) is 1. The lowest BCUT2D eigenvalue weighted by molar-refractivity contribution is -0.139. The first-order chi connectivity index (χ1) is 14.9. The molecule has 1 atom stereocenters. The first-order valence-corrected chi connectivity index (χ1v) is 10.3. The predicted octanol–water partition coefficient (Wildman–Crippen LogP) is 3.62. The number of Topliss-reactive ketones (excluding diaryl/α,β-unsaturated/α-hetero) is 1. The Hall–Kier alpha value is -3.38. The number of carbonyl (C=O) groups is 2. The van der Waals surface area contributed by atoms with Crippen LogP contribution in [-0.2, 0) is 9.59 Å². The van der Waals surface area contributed by atoms with Crippen LogP contribution < -0.4 is 4.74 Å². The summed E-state index contributed by atoms with van der Waals surface area (Å²) in [4.78, 5) is 29.4. The minimum atomic E-state index is -0.664. The monoisotopic (exact) mass is 420 g/mol. The largest absolute Gasteiger partial charge is 0.507 e. The third-order valence-corrected chi connectivity index (χ3v) is 5.16. The van der Waals surface area contributed by atoms with Crippen molar-refractivity contribution in [2.45, 2.75) is 12.5 Å². The van der Waals surface area contributed by atoms with E-state index in [9.17, 15) is 14.7 Å². The molecule has 0 saturated carbocycles. The Morgan fingerprint density at radius 3 is 2.42 bits per heavy atom. The van der Waals surface area contributed by atoms with E-state index in [1.165, 1.54) is 0 Å². The highest BCUT2D eigenvalue weighted by Gasteiger charge is 2.45. The van der Waals surface area contributed by atoms with Crippen molar-refractivity contribution in [2.24, 2.45) is 0 Å². The number of nitrogens with zero attached hydrogens (tertiary/aromatic N) is 2. The van der Waals surface area contributed by atoms with E-state index in [0.29, 0.717) is 24.5 Å². The number of ketones is 1. The van der Waals surface area contributed by atoms with E-state index in [1.807, 2.05) is 49.3 Å². The molecule has 1 heterocycles. The van der Waals surface area contributed by atoms with Gasteiger partial charge in [-0.15, -0.1) is 0 Å².